The number of hydrogen-bond acceptors (Lipinski definition) is 8. The molecule has 3 aromatic rings. The van der Waals surface area contributed by atoms with Crippen molar-refractivity contribution in [1.82, 2.24) is 20.9 Å². The second-order valence-corrected chi connectivity index (χ2v) is 9.77. The van der Waals surface area contributed by atoms with Crippen molar-refractivity contribution in [2.75, 3.05) is 5.75 Å². The van der Waals surface area contributed by atoms with Crippen LogP contribution in [0.25, 0.3) is 10.9 Å². The lowest BCUT2D eigenvalue weighted by molar-refractivity contribution is -0.142. The number of carbonyl (C=O) groups excluding carboxylic acids is 3. The van der Waals surface area contributed by atoms with Crippen LogP contribution in [0.3, 0.4) is 0 Å². The van der Waals surface area contributed by atoms with Crippen molar-refractivity contribution in [2.24, 2.45) is 5.73 Å². The Morgan fingerprint density at radius 3 is 2.12 bits per heavy atom. The number of hydrogen-bond donors (Lipinski definition) is 9. The highest BCUT2D eigenvalue weighted by atomic mass is 32.1. The minimum Gasteiger partial charge on any atom is -0.508 e. The van der Waals surface area contributed by atoms with E-state index in [2.05, 4.69) is 33.6 Å². The third kappa shape index (κ3) is 7.97. The van der Waals surface area contributed by atoms with E-state index < -0.39 is 54.0 Å². The first-order valence-corrected chi connectivity index (χ1v) is 13.1. The predicted octanol–water partition coefficient (Wildman–Crippen LogP) is -0.164. The molecule has 1 heterocycles. The Labute approximate surface area is 235 Å². The van der Waals surface area contributed by atoms with Crippen molar-refractivity contribution in [3.8, 4) is 5.75 Å². The van der Waals surface area contributed by atoms with E-state index in [9.17, 15) is 34.5 Å². The van der Waals surface area contributed by atoms with Gasteiger partial charge in [0.05, 0.1) is 6.10 Å². The van der Waals surface area contributed by atoms with Gasteiger partial charge in [-0.25, -0.2) is 4.79 Å². The van der Waals surface area contributed by atoms with Gasteiger partial charge in [-0.2, -0.15) is 12.6 Å². The number of rotatable bonds is 13. The number of nitrogens with one attached hydrogen (secondary N) is 4. The van der Waals surface area contributed by atoms with Crippen molar-refractivity contribution in [1.29, 1.82) is 0 Å². The second-order valence-electron chi connectivity index (χ2n) is 9.40. The SMILES string of the molecule is CC(O)C(N)C(=O)NC(Cc1ccc(O)cc1)C(=O)NC(CS)C(=O)NC(Cc1c[nH]c2ccccc12)C(=O)O. The third-order valence-corrected chi connectivity index (χ3v) is 6.73. The van der Waals surface area contributed by atoms with Gasteiger partial charge in [0, 0.05) is 35.7 Å². The van der Waals surface area contributed by atoms with Gasteiger partial charge >= 0.3 is 5.97 Å². The molecule has 214 valence electrons. The average molecular weight is 572 g/mol. The molecule has 12 nitrogen and oxygen atoms in total. The van der Waals surface area contributed by atoms with Gasteiger partial charge in [-0.15, -0.1) is 0 Å². The fraction of sp³-hybridized carbons (Fsp3) is 0.333. The number of nitrogens with two attached hydrogens (primary N) is 1. The molecule has 0 aliphatic rings. The second kappa shape index (κ2) is 13.8. The van der Waals surface area contributed by atoms with Crippen LogP contribution in [-0.2, 0) is 32.0 Å². The number of aromatic nitrogens is 1. The Morgan fingerprint density at radius 1 is 0.900 bits per heavy atom. The fourth-order valence-corrected chi connectivity index (χ4v) is 4.28. The summed E-state index contributed by atoms with van der Waals surface area (Å²) in [7, 11) is 0. The van der Waals surface area contributed by atoms with Crippen LogP contribution in [0.15, 0.2) is 54.7 Å². The first-order valence-electron chi connectivity index (χ1n) is 12.5. The normalized spacial score (nSPS) is 14.9. The highest BCUT2D eigenvalue weighted by Gasteiger charge is 2.31. The third-order valence-electron chi connectivity index (χ3n) is 6.36. The average Bonchev–Trinajstić information content (AvgIpc) is 3.33. The Bertz CT molecular complexity index is 1340. The zero-order valence-corrected chi connectivity index (χ0v) is 22.6. The largest absolute Gasteiger partial charge is 0.508 e. The molecule has 5 unspecified atom stereocenters. The van der Waals surface area contributed by atoms with Crippen LogP contribution < -0.4 is 21.7 Å². The summed E-state index contributed by atoms with van der Waals surface area (Å²) < 4.78 is 0. The quantitative estimate of drug-likeness (QED) is 0.126. The fourth-order valence-electron chi connectivity index (χ4n) is 4.02. The van der Waals surface area contributed by atoms with Crippen LogP contribution in [0, 0.1) is 0 Å². The highest BCUT2D eigenvalue weighted by molar-refractivity contribution is 7.80. The molecule has 2 aromatic carbocycles. The molecule has 0 aliphatic heterocycles. The topological polar surface area (TPSA) is 207 Å². The molecule has 13 heteroatoms. The number of benzene rings is 2. The molecule has 3 amide bonds. The predicted molar refractivity (Wildman–Crippen MR) is 151 cm³/mol. The van der Waals surface area contributed by atoms with Crippen molar-refractivity contribution in [3.05, 3.63) is 65.9 Å². The summed E-state index contributed by atoms with van der Waals surface area (Å²) in [6.07, 6.45) is 0.469. The van der Waals surface area contributed by atoms with E-state index in [0.717, 1.165) is 10.9 Å². The summed E-state index contributed by atoms with van der Waals surface area (Å²) in [4.78, 5) is 53.8. The molecular weight excluding hydrogens is 538 g/mol. The highest BCUT2D eigenvalue weighted by Crippen LogP contribution is 2.19. The molecule has 0 bridgehead atoms. The van der Waals surface area contributed by atoms with Crippen LogP contribution in [-0.4, -0.2) is 80.0 Å². The zero-order valence-electron chi connectivity index (χ0n) is 21.7. The number of aliphatic carboxylic acids is 1. The maximum Gasteiger partial charge on any atom is 0.326 e. The van der Waals surface area contributed by atoms with Gasteiger partial charge in [0.15, 0.2) is 0 Å². The number of H-pyrrole nitrogens is 1. The van der Waals surface area contributed by atoms with Crippen LogP contribution in [0.1, 0.15) is 18.1 Å². The molecular formula is C27H33N5O7S. The maximum atomic E-state index is 13.2. The Hall–Kier alpha value is -4.07. The van der Waals surface area contributed by atoms with Gasteiger partial charge in [-0.1, -0.05) is 30.3 Å². The van der Waals surface area contributed by atoms with Gasteiger partial charge in [0.25, 0.3) is 0 Å². The lowest BCUT2D eigenvalue weighted by Gasteiger charge is -2.25. The molecule has 0 aliphatic carbocycles. The molecule has 0 saturated heterocycles. The van der Waals surface area contributed by atoms with E-state index in [-0.39, 0.29) is 24.3 Å². The Morgan fingerprint density at radius 2 is 1.50 bits per heavy atom. The number of aromatic amines is 1. The summed E-state index contributed by atoms with van der Waals surface area (Å²) in [5, 5.41) is 37.3. The van der Waals surface area contributed by atoms with E-state index in [0.29, 0.717) is 11.1 Å². The van der Waals surface area contributed by atoms with E-state index in [1.54, 1.807) is 18.3 Å². The van der Waals surface area contributed by atoms with Crippen molar-refractivity contribution < 1.29 is 34.5 Å². The maximum absolute atomic E-state index is 13.2. The summed E-state index contributed by atoms with van der Waals surface area (Å²) >= 11 is 4.15. The molecule has 1 aromatic heterocycles. The van der Waals surface area contributed by atoms with Gasteiger partial charge in [0.1, 0.15) is 29.9 Å². The molecule has 9 N–H and O–H groups in total. The first-order chi connectivity index (χ1) is 19.0. The number of fused-ring (bicyclic) bond motifs is 1. The lowest BCUT2D eigenvalue weighted by atomic mass is 10.0. The van der Waals surface area contributed by atoms with Crippen LogP contribution in [0.2, 0.25) is 0 Å². The number of phenols is 1. The standard InChI is InChI=1S/C27H33N5O7S/c1-14(33)23(28)26(37)30-20(10-15-6-8-17(34)9-7-15)24(35)32-22(13-40)25(36)31-21(27(38)39)11-16-12-29-19-5-3-2-4-18(16)19/h2-9,12,14,20-23,29,33-34,40H,10-11,13,28H2,1H3,(H,30,37)(H,31,36)(H,32,35)(H,38,39). The van der Waals surface area contributed by atoms with Crippen molar-refractivity contribution in [3.63, 3.8) is 0 Å². The molecule has 0 spiro atoms. The summed E-state index contributed by atoms with van der Waals surface area (Å²) in [6, 6.07) is 8.26. The van der Waals surface area contributed by atoms with Crippen LogP contribution in [0.5, 0.6) is 5.75 Å². The number of aliphatic hydroxyl groups is 1. The monoisotopic (exact) mass is 571 g/mol. The molecule has 0 saturated carbocycles. The summed E-state index contributed by atoms with van der Waals surface area (Å²) in [5.41, 5.74) is 7.81. The van der Waals surface area contributed by atoms with Gasteiger partial charge < -0.3 is 42.0 Å². The Balaban J connectivity index is 1.73. The first kappa shape index (κ1) is 30.5. The molecule has 40 heavy (non-hydrogen) atoms. The number of amides is 3. The van der Waals surface area contributed by atoms with E-state index in [4.69, 9.17) is 5.73 Å². The van der Waals surface area contributed by atoms with Crippen molar-refractivity contribution >= 4 is 47.2 Å². The van der Waals surface area contributed by atoms with Gasteiger partial charge in [0.2, 0.25) is 17.7 Å². The van der Waals surface area contributed by atoms with E-state index in [1.807, 2.05) is 24.3 Å². The van der Waals surface area contributed by atoms with E-state index >= 15 is 0 Å². The smallest absolute Gasteiger partial charge is 0.326 e. The number of thiol groups is 1. The van der Waals surface area contributed by atoms with Crippen LogP contribution in [0.4, 0.5) is 0 Å². The van der Waals surface area contributed by atoms with Crippen LogP contribution >= 0.6 is 12.6 Å². The lowest BCUT2D eigenvalue weighted by Crippen LogP contribution is -2.59. The minimum atomic E-state index is -1.31. The van der Waals surface area contributed by atoms with Crippen molar-refractivity contribution in [2.45, 2.75) is 50.0 Å². The summed E-state index contributed by atoms with van der Waals surface area (Å²) in [6.45, 7) is 1.33. The number of para-hydroxylation sites is 1. The Kier molecular flexibility index (Phi) is 10.5. The number of phenolic OH excluding ortho intramolecular Hbond substituents is 1. The number of aromatic hydroxyl groups is 1. The number of aliphatic hydroxyl groups excluding tert-OH is 1. The number of carbonyl (C=O) groups is 4. The molecule has 0 fully saturated rings. The molecule has 3 rings (SSSR count). The number of carboxylic acid groups (broad SMARTS) is 1. The van der Waals surface area contributed by atoms with E-state index in [1.165, 1.54) is 19.1 Å². The minimum absolute atomic E-state index is 0.00487. The summed E-state index contributed by atoms with van der Waals surface area (Å²) in [5.74, 6) is -3.72. The molecule has 5 atom stereocenters. The number of carboxylic acids is 1. The van der Waals surface area contributed by atoms with Gasteiger partial charge in [-0.05, 0) is 36.2 Å². The van der Waals surface area contributed by atoms with Gasteiger partial charge in [-0.3, -0.25) is 14.4 Å². The zero-order chi connectivity index (χ0) is 29.4. The molecule has 0 radical (unpaired) electrons.